The second-order valence-electron chi connectivity index (χ2n) is 2.92. The molecule has 0 aliphatic rings. The van der Waals surface area contributed by atoms with E-state index in [1.54, 1.807) is 6.07 Å². The van der Waals surface area contributed by atoms with Gasteiger partial charge in [0.15, 0.2) is 0 Å². The van der Waals surface area contributed by atoms with Crippen molar-refractivity contribution in [2.45, 2.75) is 19.3 Å². The average molecular weight is 213 g/mol. The van der Waals surface area contributed by atoms with Gasteiger partial charge in [-0.1, -0.05) is 0 Å². The summed E-state index contributed by atoms with van der Waals surface area (Å²) in [4.78, 5) is 19.5. The van der Waals surface area contributed by atoms with Crippen LogP contribution >= 0.6 is 0 Å². The monoisotopic (exact) mass is 213 g/mol. The largest absolute Gasteiger partial charge is 0.468 e. The van der Waals surface area contributed by atoms with E-state index in [2.05, 4.69) is 4.74 Å². The van der Waals surface area contributed by atoms with E-state index in [0.717, 1.165) is 6.42 Å². The molecule has 0 radical (unpaired) electrons. The van der Waals surface area contributed by atoms with Crippen molar-refractivity contribution in [3.63, 3.8) is 0 Å². The molecule has 0 aliphatic carbocycles. The molecule has 1 aromatic heterocycles. The number of nitro groups is 1. The normalized spacial score (nSPS) is 9.87. The minimum atomic E-state index is -0.570. The number of nitrogens with zero attached hydrogens (tertiary/aromatic N) is 1. The number of aryl methyl sites for hydroxylation is 1. The summed E-state index contributed by atoms with van der Waals surface area (Å²) in [7, 11) is 0. The summed E-state index contributed by atoms with van der Waals surface area (Å²) in [5, 5.41) is 10.3. The van der Waals surface area contributed by atoms with Crippen LogP contribution in [0.2, 0.25) is 0 Å². The number of rotatable bonds is 7. The Balaban J connectivity index is 2.25. The maximum absolute atomic E-state index is 10.3. The van der Waals surface area contributed by atoms with Gasteiger partial charge >= 0.3 is 5.88 Å². The zero-order chi connectivity index (χ0) is 11.1. The molecule has 82 valence electrons. The third-order valence-corrected chi connectivity index (χ3v) is 1.83. The molecule has 1 aromatic rings. The van der Waals surface area contributed by atoms with Crippen molar-refractivity contribution in [1.29, 1.82) is 0 Å². The lowest BCUT2D eigenvalue weighted by atomic mass is 10.2. The number of furan rings is 1. The van der Waals surface area contributed by atoms with Gasteiger partial charge in [-0.2, -0.15) is 0 Å². The van der Waals surface area contributed by atoms with Crippen LogP contribution in [0.5, 0.6) is 0 Å². The van der Waals surface area contributed by atoms with E-state index in [0.29, 0.717) is 31.7 Å². The Kier molecular flexibility index (Phi) is 4.33. The highest BCUT2D eigenvalue weighted by Gasteiger charge is 2.10. The molecule has 0 saturated heterocycles. The Morgan fingerprint density at radius 3 is 2.87 bits per heavy atom. The van der Waals surface area contributed by atoms with E-state index < -0.39 is 4.92 Å². The summed E-state index contributed by atoms with van der Waals surface area (Å²) in [6.07, 6.45) is 2.09. The second kappa shape index (κ2) is 5.79. The quantitative estimate of drug-likeness (QED) is 0.298. The molecule has 0 fully saturated rings. The van der Waals surface area contributed by atoms with Crippen molar-refractivity contribution >= 4 is 12.4 Å². The van der Waals surface area contributed by atoms with Crippen LogP contribution in [0.1, 0.15) is 18.6 Å². The molecule has 1 rings (SSSR count). The highest BCUT2D eigenvalue weighted by Crippen LogP contribution is 2.17. The molecule has 0 aromatic carbocycles. The van der Waals surface area contributed by atoms with Gasteiger partial charge in [-0.3, -0.25) is 14.9 Å². The van der Waals surface area contributed by atoms with Gasteiger partial charge in [0.1, 0.15) is 10.7 Å². The summed E-state index contributed by atoms with van der Waals surface area (Å²) in [5.74, 6) is 0.335. The van der Waals surface area contributed by atoms with E-state index in [4.69, 9.17) is 4.42 Å². The Bertz CT molecular complexity index is 333. The molecule has 0 bridgehead atoms. The van der Waals surface area contributed by atoms with Crippen molar-refractivity contribution < 1.29 is 18.9 Å². The van der Waals surface area contributed by atoms with Crippen LogP contribution in [0.25, 0.3) is 0 Å². The number of hydrogen-bond donors (Lipinski definition) is 0. The summed E-state index contributed by atoms with van der Waals surface area (Å²) in [5.41, 5.74) is 0. The first-order chi connectivity index (χ1) is 7.24. The van der Waals surface area contributed by atoms with Crippen LogP contribution in [-0.2, 0) is 16.0 Å². The summed E-state index contributed by atoms with van der Waals surface area (Å²) in [6.45, 7) is 0.768. The summed E-state index contributed by atoms with van der Waals surface area (Å²) >= 11 is 0. The highest BCUT2D eigenvalue weighted by molar-refractivity contribution is 5.36. The number of carbonyl (C=O) groups is 1. The van der Waals surface area contributed by atoms with Gasteiger partial charge in [0, 0.05) is 6.42 Å². The lowest BCUT2D eigenvalue weighted by Gasteiger charge is -1.96. The SMILES string of the molecule is O=COCCCCc1ccc([N+](=O)[O-])o1. The fourth-order valence-electron chi connectivity index (χ4n) is 1.13. The zero-order valence-corrected chi connectivity index (χ0v) is 8.05. The van der Waals surface area contributed by atoms with E-state index in [-0.39, 0.29) is 5.88 Å². The van der Waals surface area contributed by atoms with Crippen molar-refractivity contribution in [2.75, 3.05) is 6.61 Å². The predicted octanol–water partition coefficient (Wildman–Crippen LogP) is 1.68. The second-order valence-corrected chi connectivity index (χ2v) is 2.92. The van der Waals surface area contributed by atoms with Crippen molar-refractivity contribution in [2.24, 2.45) is 0 Å². The van der Waals surface area contributed by atoms with Gasteiger partial charge < -0.3 is 9.15 Å². The number of unbranched alkanes of at least 4 members (excludes halogenated alkanes) is 1. The molecule has 0 amide bonds. The van der Waals surface area contributed by atoms with E-state index in [1.807, 2.05) is 0 Å². The molecule has 6 heteroatoms. The van der Waals surface area contributed by atoms with E-state index in [9.17, 15) is 14.9 Å². The van der Waals surface area contributed by atoms with E-state index in [1.165, 1.54) is 6.07 Å². The summed E-state index contributed by atoms with van der Waals surface area (Å²) in [6, 6.07) is 2.91. The Morgan fingerprint density at radius 2 is 2.27 bits per heavy atom. The van der Waals surface area contributed by atoms with Gasteiger partial charge in [0.2, 0.25) is 0 Å². The lowest BCUT2D eigenvalue weighted by Crippen LogP contribution is -1.92. The number of ether oxygens (including phenoxy) is 1. The third-order valence-electron chi connectivity index (χ3n) is 1.83. The Labute approximate surface area is 86.0 Å². The van der Waals surface area contributed by atoms with Gasteiger partial charge in [-0.05, 0) is 18.9 Å². The fourth-order valence-corrected chi connectivity index (χ4v) is 1.13. The molecule has 0 N–H and O–H groups in total. The lowest BCUT2D eigenvalue weighted by molar-refractivity contribution is -0.402. The highest BCUT2D eigenvalue weighted by atomic mass is 16.6. The molecule has 0 saturated carbocycles. The minimum absolute atomic E-state index is 0.242. The van der Waals surface area contributed by atoms with Gasteiger partial charge in [-0.15, -0.1) is 0 Å². The van der Waals surface area contributed by atoms with Crippen LogP contribution in [-0.4, -0.2) is 18.0 Å². The smallest absolute Gasteiger partial charge is 0.433 e. The fraction of sp³-hybridized carbons (Fsp3) is 0.444. The molecule has 6 nitrogen and oxygen atoms in total. The van der Waals surface area contributed by atoms with Crippen LogP contribution in [0.4, 0.5) is 5.88 Å². The number of hydrogen-bond acceptors (Lipinski definition) is 5. The molecular weight excluding hydrogens is 202 g/mol. The maximum atomic E-state index is 10.3. The van der Waals surface area contributed by atoms with Gasteiger partial charge in [0.05, 0.1) is 12.7 Å². The molecular formula is C9H11NO5. The van der Waals surface area contributed by atoms with Crippen molar-refractivity contribution in [3.8, 4) is 0 Å². The standard InChI is InChI=1S/C9H11NO5/c11-7-14-6-2-1-3-8-4-5-9(15-8)10(12)13/h4-5,7H,1-3,6H2. The average Bonchev–Trinajstić information content (AvgIpc) is 2.66. The van der Waals surface area contributed by atoms with Crippen LogP contribution in [0.3, 0.4) is 0 Å². The van der Waals surface area contributed by atoms with Crippen LogP contribution < -0.4 is 0 Å². The zero-order valence-electron chi connectivity index (χ0n) is 8.05. The molecule has 1 heterocycles. The first-order valence-electron chi connectivity index (χ1n) is 4.52. The number of carbonyl (C=O) groups excluding carboxylic acids is 1. The van der Waals surface area contributed by atoms with Gasteiger partial charge in [0.25, 0.3) is 6.47 Å². The predicted molar refractivity (Wildman–Crippen MR) is 50.3 cm³/mol. The summed E-state index contributed by atoms with van der Waals surface area (Å²) < 4.78 is 9.44. The first kappa shape index (κ1) is 11.2. The third kappa shape index (κ3) is 3.80. The first-order valence-corrected chi connectivity index (χ1v) is 4.52. The van der Waals surface area contributed by atoms with E-state index >= 15 is 0 Å². The van der Waals surface area contributed by atoms with Crippen LogP contribution in [0.15, 0.2) is 16.5 Å². The Hall–Kier alpha value is -1.85. The van der Waals surface area contributed by atoms with Crippen molar-refractivity contribution in [3.05, 3.63) is 28.0 Å². The van der Waals surface area contributed by atoms with Gasteiger partial charge in [-0.25, -0.2) is 0 Å². The molecule has 0 aliphatic heterocycles. The maximum Gasteiger partial charge on any atom is 0.433 e. The molecule has 0 spiro atoms. The molecule has 0 atom stereocenters. The Morgan fingerprint density at radius 1 is 1.47 bits per heavy atom. The minimum Gasteiger partial charge on any atom is -0.468 e. The van der Waals surface area contributed by atoms with Crippen LogP contribution in [0, 0.1) is 10.1 Å². The van der Waals surface area contributed by atoms with Crippen molar-refractivity contribution in [1.82, 2.24) is 0 Å². The topological polar surface area (TPSA) is 82.6 Å². The molecule has 0 unspecified atom stereocenters. The molecule has 15 heavy (non-hydrogen) atoms.